The molecule has 7 nitrogen and oxygen atoms in total. The SMILES string of the molecule is Cc1cc(OCn2ccc(C(=O)N(C)Cc3cnn(C)c3C)n2)cc(C)c1Cl. The van der Waals surface area contributed by atoms with Crippen LogP contribution < -0.4 is 4.74 Å². The van der Waals surface area contributed by atoms with E-state index in [0.29, 0.717) is 18.0 Å². The van der Waals surface area contributed by atoms with Crippen molar-refractivity contribution in [2.45, 2.75) is 34.0 Å². The summed E-state index contributed by atoms with van der Waals surface area (Å²) in [5.41, 5.74) is 4.33. The molecule has 0 aliphatic heterocycles. The number of benzene rings is 1. The van der Waals surface area contributed by atoms with Gasteiger partial charge in [-0.2, -0.15) is 10.2 Å². The fourth-order valence-electron chi connectivity index (χ4n) is 2.90. The van der Waals surface area contributed by atoms with Gasteiger partial charge in [0.1, 0.15) is 5.75 Å². The van der Waals surface area contributed by atoms with Crippen molar-refractivity contribution in [3.63, 3.8) is 0 Å². The predicted molar refractivity (Wildman–Crippen MR) is 108 cm³/mol. The van der Waals surface area contributed by atoms with Crippen LogP contribution in [-0.2, 0) is 20.3 Å². The molecule has 0 radical (unpaired) electrons. The summed E-state index contributed by atoms with van der Waals surface area (Å²) in [7, 11) is 3.63. The zero-order chi connectivity index (χ0) is 20.4. The molecule has 0 saturated carbocycles. The summed E-state index contributed by atoms with van der Waals surface area (Å²) in [6, 6.07) is 5.46. The van der Waals surface area contributed by atoms with Crippen LogP contribution in [0.5, 0.6) is 5.75 Å². The average molecular weight is 402 g/mol. The Labute approximate surface area is 169 Å². The van der Waals surface area contributed by atoms with E-state index in [-0.39, 0.29) is 12.6 Å². The molecule has 1 amide bonds. The molecule has 3 rings (SSSR count). The maximum atomic E-state index is 12.6. The van der Waals surface area contributed by atoms with Gasteiger partial charge in [-0.15, -0.1) is 0 Å². The Morgan fingerprint density at radius 2 is 1.93 bits per heavy atom. The van der Waals surface area contributed by atoms with Crippen LogP contribution in [0.25, 0.3) is 0 Å². The molecule has 28 heavy (non-hydrogen) atoms. The van der Waals surface area contributed by atoms with Crippen LogP contribution in [0.15, 0.2) is 30.6 Å². The van der Waals surface area contributed by atoms with Gasteiger partial charge >= 0.3 is 0 Å². The zero-order valence-electron chi connectivity index (χ0n) is 16.7. The lowest BCUT2D eigenvalue weighted by atomic mass is 10.1. The van der Waals surface area contributed by atoms with Crippen molar-refractivity contribution in [3.05, 3.63) is 63.7 Å². The lowest BCUT2D eigenvalue weighted by Crippen LogP contribution is -2.27. The van der Waals surface area contributed by atoms with Crippen molar-refractivity contribution in [2.24, 2.45) is 7.05 Å². The van der Waals surface area contributed by atoms with Crippen LogP contribution in [0.3, 0.4) is 0 Å². The van der Waals surface area contributed by atoms with Crippen LogP contribution in [0, 0.1) is 20.8 Å². The Bertz CT molecular complexity index is 985. The summed E-state index contributed by atoms with van der Waals surface area (Å²) in [5, 5.41) is 9.28. The fraction of sp³-hybridized carbons (Fsp3) is 0.350. The van der Waals surface area contributed by atoms with E-state index < -0.39 is 0 Å². The van der Waals surface area contributed by atoms with Gasteiger partial charge in [-0.3, -0.25) is 9.48 Å². The number of aromatic nitrogens is 4. The molecular formula is C20H24ClN5O2. The third kappa shape index (κ3) is 4.20. The quantitative estimate of drug-likeness (QED) is 0.634. The van der Waals surface area contributed by atoms with Gasteiger partial charge in [-0.1, -0.05) is 11.6 Å². The molecule has 0 aliphatic rings. The van der Waals surface area contributed by atoms with Crippen LogP contribution >= 0.6 is 11.6 Å². The summed E-state index contributed by atoms with van der Waals surface area (Å²) >= 11 is 6.18. The summed E-state index contributed by atoms with van der Waals surface area (Å²) in [6.45, 7) is 6.54. The van der Waals surface area contributed by atoms with Crippen molar-refractivity contribution in [1.29, 1.82) is 0 Å². The molecule has 0 aliphatic carbocycles. The van der Waals surface area contributed by atoms with Gasteiger partial charge in [0.15, 0.2) is 12.4 Å². The number of amides is 1. The standard InChI is InChI=1S/C20H24ClN5O2/c1-13-8-17(9-14(2)19(13)21)28-12-26-7-6-18(23-26)20(27)24(4)11-16-10-22-25(5)15(16)3/h6-10H,11-12H2,1-5H3. The van der Waals surface area contributed by atoms with E-state index >= 15 is 0 Å². The van der Waals surface area contributed by atoms with Crippen LogP contribution in [-0.4, -0.2) is 37.4 Å². The lowest BCUT2D eigenvalue weighted by Gasteiger charge is -2.15. The molecule has 148 valence electrons. The van der Waals surface area contributed by atoms with Crippen molar-refractivity contribution < 1.29 is 9.53 Å². The van der Waals surface area contributed by atoms with E-state index in [9.17, 15) is 4.79 Å². The maximum Gasteiger partial charge on any atom is 0.274 e. The van der Waals surface area contributed by atoms with E-state index in [1.807, 2.05) is 40.0 Å². The topological polar surface area (TPSA) is 65.2 Å². The Balaban J connectivity index is 1.63. The first-order valence-electron chi connectivity index (χ1n) is 8.92. The molecular weight excluding hydrogens is 378 g/mol. The molecule has 0 bridgehead atoms. The molecule has 0 unspecified atom stereocenters. The lowest BCUT2D eigenvalue weighted by molar-refractivity contribution is 0.0777. The molecule has 1 aromatic carbocycles. The van der Waals surface area contributed by atoms with E-state index in [1.165, 1.54) is 0 Å². The largest absolute Gasteiger partial charge is 0.471 e. The number of hydrogen-bond acceptors (Lipinski definition) is 4. The number of carbonyl (C=O) groups is 1. The van der Waals surface area contributed by atoms with Gasteiger partial charge in [-0.05, 0) is 50.1 Å². The third-order valence-electron chi connectivity index (χ3n) is 4.72. The fourth-order valence-corrected chi connectivity index (χ4v) is 3.01. The van der Waals surface area contributed by atoms with Crippen molar-refractivity contribution in [1.82, 2.24) is 24.5 Å². The van der Waals surface area contributed by atoms with Gasteiger partial charge in [-0.25, -0.2) is 4.68 Å². The number of nitrogens with zero attached hydrogens (tertiary/aromatic N) is 5. The average Bonchev–Trinajstić information content (AvgIpc) is 3.26. The second-order valence-electron chi connectivity index (χ2n) is 6.92. The zero-order valence-corrected chi connectivity index (χ0v) is 17.5. The highest BCUT2D eigenvalue weighted by molar-refractivity contribution is 6.32. The summed E-state index contributed by atoms with van der Waals surface area (Å²) in [5.74, 6) is 0.562. The normalized spacial score (nSPS) is 10.9. The maximum absolute atomic E-state index is 12.6. The smallest absolute Gasteiger partial charge is 0.274 e. The van der Waals surface area contributed by atoms with Crippen LogP contribution in [0.2, 0.25) is 5.02 Å². The van der Waals surface area contributed by atoms with Gasteiger partial charge in [0.2, 0.25) is 0 Å². The summed E-state index contributed by atoms with van der Waals surface area (Å²) in [6.07, 6.45) is 3.51. The number of carbonyl (C=O) groups excluding carboxylic acids is 1. The second-order valence-corrected chi connectivity index (χ2v) is 7.30. The van der Waals surface area contributed by atoms with E-state index in [1.54, 1.807) is 39.8 Å². The van der Waals surface area contributed by atoms with Crippen molar-refractivity contribution >= 4 is 17.5 Å². The highest BCUT2D eigenvalue weighted by atomic mass is 35.5. The highest BCUT2D eigenvalue weighted by Crippen LogP contribution is 2.26. The molecule has 8 heteroatoms. The first-order chi connectivity index (χ1) is 13.3. The van der Waals surface area contributed by atoms with Crippen LogP contribution in [0.4, 0.5) is 0 Å². The Morgan fingerprint density at radius 3 is 2.54 bits per heavy atom. The Hall–Kier alpha value is -2.80. The molecule has 0 N–H and O–H groups in total. The summed E-state index contributed by atoms with van der Waals surface area (Å²) in [4.78, 5) is 14.3. The third-order valence-corrected chi connectivity index (χ3v) is 5.32. The number of halogens is 1. The molecule has 0 saturated heterocycles. The number of ether oxygens (including phenoxy) is 1. The summed E-state index contributed by atoms with van der Waals surface area (Å²) < 4.78 is 9.17. The van der Waals surface area contributed by atoms with E-state index in [2.05, 4.69) is 10.2 Å². The minimum Gasteiger partial charge on any atom is -0.471 e. The second kappa shape index (κ2) is 8.06. The van der Waals surface area contributed by atoms with Gasteiger partial charge < -0.3 is 9.64 Å². The number of rotatable bonds is 6. The first kappa shape index (κ1) is 19.9. The van der Waals surface area contributed by atoms with Crippen molar-refractivity contribution in [2.75, 3.05) is 7.05 Å². The van der Waals surface area contributed by atoms with Crippen LogP contribution in [0.1, 0.15) is 32.9 Å². The number of aryl methyl sites for hydroxylation is 3. The molecule has 0 spiro atoms. The predicted octanol–water partition coefficient (Wildman–Crippen LogP) is 3.50. The molecule has 3 aromatic rings. The minimum absolute atomic E-state index is 0.153. The van der Waals surface area contributed by atoms with Crippen molar-refractivity contribution in [3.8, 4) is 5.75 Å². The monoisotopic (exact) mass is 401 g/mol. The van der Waals surface area contributed by atoms with E-state index in [0.717, 1.165) is 27.4 Å². The van der Waals surface area contributed by atoms with Gasteiger partial charge in [0.05, 0.1) is 6.20 Å². The van der Waals surface area contributed by atoms with Gasteiger partial charge in [0.25, 0.3) is 5.91 Å². The van der Waals surface area contributed by atoms with Gasteiger partial charge in [0, 0.05) is 43.1 Å². The molecule has 2 heterocycles. The Morgan fingerprint density at radius 1 is 1.25 bits per heavy atom. The first-order valence-corrected chi connectivity index (χ1v) is 9.30. The molecule has 0 fully saturated rings. The Kier molecular flexibility index (Phi) is 5.74. The number of hydrogen-bond donors (Lipinski definition) is 0. The molecule has 0 atom stereocenters. The van der Waals surface area contributed by atoms with E-state index in [4.69, 9.17) is 16.3 Å². The highest BCUT2D eigenvalue weighted by Gasteiger charge is 2.17. The molecule has 2 aromatic heterocycles. The minimum atomic E-state index is -0.153.